The minimum atomic E-state index is -0.460. The highest BCUT2D eigenvalue weighted by molar-refractivity contribution is 6.04. The Morgan fingerprint density at radius 1 is 1.24 bits per heavy atom. The zero-order valence-electron chi connectivity index (χ0n) is 14.6. The summed E-state index contributed by atoms with van der Waals surface area (Å²) in [6.07, 6.45) is 1.96. The van der Waals surface area contributed by atoms with E-state index in [1.165, 1.54) is 6.92 Å². The summed E-state index contributed by atoms with van der Waals surface area (Å²) >= 11 is 0. The molecule has 0 fully saturated rings. The molecule has 1 aliphatic rings. The summed E-state index contributed by atoms with van der Waals surface area (Å²) in [7, 11) is 0. The molecule has 1 amide bonds. The number of anilines is 1. The summed E-state index contributed by atoms with van der Waals surface area (Å²) < 4.78 is 2.06. The summed E-state index contributed by atoms with van der Waals surface area (Å²) in [6.45, 7) is 6.05. The molecule has 1 aliphatic heterocycles. The normalized spacial score (nSPS) is 17.4. The molecule has 0 unspecified atom stereocenters. The van der Waals surface area contributed by atoms with E-state index >= 15 is 0 Å². The molecule has 0 saturated heterocycles. The molecule has 1 atom stereocenters. The largest absolute Gasteiger partial charge is 0.346 e. The molecule has 130 valence electrons. The van der Waals surface area contributed by atoms with Crippen LogP contribution in [0.4, 0.5) is 5.69 Å². The molecule has 0 radical (unpaired) electrons. The molecule has 2 heterocycles. The monoisotopic (exact) mass is 339 g/mol. The van der Waals surface area contributed by atoms with Gasteiger partial charge in [0.2, 0.25) is 5.91 Å². The minimum absolute atomic E-state index is 0.0349. The minimum Gasteiger partial charge on any atom is -0.346 e. The van der Waals surface area contributed by atoms with E-state index in [2.05, 4.69) is 9.72 Å². The van der Waals surface area contributed by atoms with E-state index in [1.54, 1.807) is 11.8 Å². The summed E-state index contributed by atoms with van der Waals surface area (Å²) in [6, 6.07) is 11.7. The summed E-state index contributed by atoms with van der Waals surface area (Å²) in [5.74, 6) is -0.536. The Bertz CT molecular complexity index is 821. The third kappa shape index (κ3) is 3.63. The van der Waals surface area contributed by atoms with Gasteiger partial charge in [0.25, 0.3) is 0 Å². The first-order valence-electron chi connectivity index (χ1n) is 8.21. The van der Waals surface area contributed by atoms with Crippen molar-refractivity contribution in [3.63, 3.8) is 0 Å². The lowest BCUT2D eigenvalue weighted by Gasteiger charge is -2.24. The van der Waals surface area contributed by atoms with Crippen molar-refractivity contribution in [2.75, 3.05) is 11.4 Å². The fourth-order valence-electron chi connectivity index (χ4n) is 3.08. The van der Waals surface area contributed by atoms with Gasteiger partial charge in [-0.2, -0.15) is 0 Å². The summed E-state index contributed by atoms with van der Waals surface area (Å²) in [5, 5.41) is 4.05. The average Bonchev–Trinajstić information content (AvgIpc) is 3.12. The number of oxime groups is 1. The molecular formula is C19H21N3O3. The van der Waals surface area contributed by atoms with Gasteiger partial charge >= 0.3 is 5.97 Å². The lowest BCUT2D eigenvalue weighted by atomic mass is 10.0. The van der Waals surface area contributed by atoms with Gasteiger partial charge in [0.15, 0.2) is 0 Å². The van der Waals surface area contributed by atoms with E-state index < -0.39 is 5.97 Å². The van der Waals surface area contributed by atoms with Crippen molar-refractivity contribution in [1.82, 2.24) is 4.57 Å². The smallest absolute Gasteiger partial charge is 0.331 e. The molecular weight excluding hydrogens is 318 g/mol. The Kier molecular flexibility index (Phi) is 4.70. The predicted molar refractivity (Wildman–Crippen MR) is 95.4 cm³/mol. The topological polar surface area (TPSA) is 63.9 Å². The van der Waals surface area contributed by atoms with Crippen molar-refractivity contribution in [2.24, 2.45) is 11.1 Å². The van der Waals surface area contributed by atoms with Crippen molar-refractivity contribution in [2.45, 2.75) is 27.3 Å². The number of nitrogens with zero attached hydrogens (tertiary/aromatic N) is 3. The van der Waals surface area contributed by atoms with Gasteiger partial charge in [-0.25, -0.2) is 4.79 Å². The number of amides is 1. The number of carbonyl (C=O) groups is 2. The molecule has 25 heavy (non-hydrogen) atoms. The molecule has 0 bridgehead atoms. The SMILES string of the molecule is CC(=O)ON=C1c2cccn2C[C@H]1CN(C(C)=O)c1ccc(C)cc1. The molecule has 0 saturated carbocycles. The van der Waals surface area contributed by atoms with Gasteiger partial charge in [0.05, 0.1) is 5.69 Å². The van der Waals surface area contributed by atoms with E-state index in [1.807, 2.05) is 49.5 Å². The second-order valence-electron chi connectivity index (χ2n) is 6.27. The van der Waals surface area contributed by atoms with Crippen LogP contribution in [0.5, 0.6) is 0 Å². The van der Waals surface area contributed by atoms with Crippen LogP contribution in [0.1, 0.15) is 25.1 Å². The van der Waals surface area contributed by atoms with Crippen LogP contribution in [-0.4, -0.2) is 28.7 Å². The quantitative estimate of drug-likeness (QED) is 0.635. The molecule has 1 aromatic carbocycles. The van der Waals surface area contributed by atoms with Gasteiger partial charge in [0.1, 0.15) is 5.71 Å². The van der Waals surface area contributed by atoms with Crippen molar-refractivity contribution in [3.05, 3.63) is 53.9 Å². The molecule has 1 aromatic heterocycles. The van der Waals surface area contributed by atoms with Crippen molar-refractivity contribution < 1.29 is 14.4 Å². The lowest BCUT2D eigenvalue weighted by Crippen LogP contribution is -2.36. The van der Waals surface area contributed by atoms with E-state index in [4.69, 9.17) is 4.84 Å². The summed E-state index contributed by atoms with van der Waals surface area (Å²) in [4.78, 5) is 29.9. The number of carbonyl (C=O) groups excluding carboxylic acids is 2. The highest BCUT2D eigenvalue weighted by Crippen LogP contribution is 2.26. The van der Waals surface area contributed by atoms with E-state index in [0.29, 0.717) is 18.8 Å². The average molecular weight is 339 g/mol. The maximum absolute atomic E-state index is 12.2. The van der Waals surface area contributed by atoms with Gasteiger partial charge in [-0.3, -0.25) is 4.79 Å². The highest BCUT2D eigenvalue weighted by atomic mass is 16.7. The Balaban J connectivity index is 1.87. The Labute approximate surface area is 146 Å². The van der Waals surface area contributed by atoms with E-state index in [0.717, 1.165) is 16.9 Å². The molecule has 0 aliphatic carbocycles. The van der Waals surface area contributed by atoms with Gasteiger partial charge in [-0.05, 0) is 31.2 Å². The summed E-state index contributed by atoms with van der Waals surface area (Å²) in [5.41, 5.74) is 3.60. The second-order valence-corrected chi connectivity index (χ2v) is 6.27. The third-order valence-electron chi connectivity index (χ3n) is 4.30. The number of hydrogen-bond acceptors (Lipinski definition) is 4. The van der Waals surface area contributed by atoms with Crippen LogP contribution in [0.2, 0.25) is 0 Å². The van der Waals surface area contributed by atoms with Crippen LogP contribution in [-0.2, 0) is 21.0 Å². The van der Waals surface area contributed by atoms with Crippen LogP contribution in [0.3, 0.4) is 0 Å². The predicted octanol–water partition coefficient (Wildman–Crippen LogP) is 2.75. The molecule has 6 heteroatoms. The van der Waals surface area contributed by atoms with Crippen LogP contribution in [0.15, 0.2) is 47.8 Å². The van der Waals surface area contributed by atoms with Crippen molar-refractivity contribution in [1.29, 1.82) is 0 Å². The Morgan fingerprint density at radius 3 is 2.60 bits per heavy atom. The molecule has 3 rings (SSSR count). The standard InChI is InChI=1S/C19H21N3O3/c1-13-6-8-17(9-7-13)22(14(2)23)12-16-11-21-10-4-5-18(21)19(16)20-25-15(3)24/h4-10,16H,11-12H2,1-3H3/t16-/m0/s1. The molecule has 0 N–H and O–H groups in total. The third-order valence-corrected chi connectivity index (χ3v) is 4.30. The first kappa shape index (κ1) is 17.0. The molecule has 2 aromatic rings. The fourth-order valence-corrected chi connectivity index (χ4v) is 3.08. The van der Waals surface area contributed by atoms with Crippen LogP contribution >= 0.6 is 0 Å². The first-order valence-corrected chi connectivity index (χ1v) is 8.21. The zero-order valence-corrected chi connectivity index (χ0v) is 14.6. The number of rotatable bonds is 4. The van der Waals surface area contributed by atoms with E-state index in [-0.39, 0.29) is 11.8 Å². The highest BCUT2D eigenvalue weighted by Gasteiger charge is 2.32. The van der Waals surface area contributed by atoms with Crippen LogP contribution in [0.25, 0.3) is 0 Å². The van der Waals surface area contributed by atoms with Gasteiger partial charge in [-0.1, -0.05) is 22.9 Å². The maximum Gasteiger partial charge on any atom is 0.331 e. The first-order chi connectivity index (χ1) is 12.0. The van der Waals surface area contributed by atoms with Crippen molar-refractivity contribution >= 4 is 23.3 Å². The van der Waals surface area contributed by atoms with Gasteiger partial charge in [0, 0.05) is 44.7 Å². The molecule has 6 nitrogen and oxygen atoms in total. The zero-order chi connectivity index (χ0) is 18.0. The lowest BCUT2D eigenvalue weighted by molar-refractivity contribution is -0.141. The number of fused-ring (bicyclic) bond motifs is 1. The van der Waals surface area contributed by atoms with E-state index in [9.17, 15) is 9.59 Å². The Hall–Kier alpha value is -2.89. The Morgan fingerprint density at radius 2 is 1.96 bits per heavy atom. The number of aromatic nitrogens is 1. The van der Waals surface area contributed by atoms with Gasteiger partial charge in [-0.15, -0.1) is 0 Å². The van der Waals surface area contributed by atoms with Crippen molar-refractivity contribution in [3.8, 4) is 0 Å². The maximum atomic E-state index is 12.2. The molecule has 0 spiro atoms. The second kappa shape index (κ2) is 6.93. The fraction of sp³-hybridized carbons (Fsp3) is 0.316. The number of benzene rings is 1. The van der Waals surface area contributed by atoms with Crippen LogP contribution in [0, 0.1) is 12.8 Å². The van der Waals surface area contributed by atoms with Gasteiger partial charge < -0.3 is 14.3 Å². The number of hydrogen-bond donors (Lipinski definition) is 0. The van der Waals surface area contributed by atoms with Crippen LogP contribution < -0.4 is 4.90 Å². The number of aryl methyl sites for hydroxylation is 1.